The van der Waals surface area contributed by atoms with Gasteiger partial charge in [-0.3, -0.25) is 9.48 Å². The minimum Gasteiger partial charge on any atom is -0.382 e. The van der Waals surface area contributed by atoms with Crippen molar-refractivity contribution in [2.45, 2.75) is 53.3 Å². The van der Waals surface area contributed by atoms with E-state index in [1.165, 1.54) is 12.1 Å². The van der Waals surface area contributed by atoms with Gasteiger partial charge in [0.1, 0.15) is 5.82 Å². The van der Waals surface area contributed by atoms with Gasteiger partial charge in [0.2, 0.25) is 6.10 Å². The van der Waals surface area contributed by atoms with Crippen LogP contribution in [0, 0.1) is 19.7 Å². The summed E-state index contributed by atoms with van der Waals surface area (Å²) in [4.78, 5) is 20.1. The molecular formula is C20H24ClFN4O2. The maximum Gasteiger partial charge on any atom is 0.267 e. The number of nitrogens with zero attached hydrogens (tertiary/aromatic N) is 4. The second kappa shape index (κ2) is 8.31. The zero-order valence-electron chi connectivity index (χ0n) is 16.5. The zero-order valence-corrected chi connectivity index (χ0v) is 17.3. The van der Waals surface area contributed by atoms with E-state index in [9.17, 15) is 9.18 Å². The van der Waals surface area contributed by atoms with E-state index >= 15 is 0 Å². The smallest absolute Gasteiger partial charge is 0.267 e. The number of hydrogen-bond acceptors (Lipinski definition) is 4. The molecule has 6 nitrogen and oxygen atoms in total. The molecule has 0 saturated heterocycles. The summed E-state index contributed by atoms with van der Waals surface area (Å²) in [5.41, 5.74) is 3.54. The van der Waals surface area contributed by atoms with E-state index in [-0.39, 0.29) is 22.9 Å². The molecule has 0 aliphatic carbocycles. The molecule has 2 aromatic rings. The fraction of sp³-hybridized carbons (Fsp3) is 0.450. The first kappa shape index (κ1) is 20.3. The zero-order chi connectivity index (χ0) is 20.4. The van der Waals surface area contributed by atoms with E-state index < -0.39 is 11.9 Å². The molecule has 150 valence electrons. The lowest BCUT2D eigenvalue weighted by Crippen LogP contribution is -2.39. The fourth-order valence-electron chi connectivity index (χ4n) is 3.44. The van der Waals surface area contributed by atoms with Gasteiger partial charge in [-0.2, -0.15) is 5.10 Å². The van der Waals surface area contributed by atoms with Crippen LogP contribution in [0.2, 0.25) is 5.02 Å². The monoisotopic (exact) mass is 406 g/mol. The third kappa shape index (κ3) is 3.76. The maximum atomic E-state index is 14.1. The predicted octanol–water partition coefficient (Wildman–Crippen LogP) is 3.85. The highest BCUT2D eigenvalue weighted by atomic mass is 35.5. The van der Waals surface area contributed by atoms with Gasteiger partial charge in [-0.15, -0.1) is 0 Å². The van der Waals surface area contributed by atoms with Gasteiger partial charge in [-0.05, 0) is 39.8 Å². The van der Waals surface area contributed by atoms with Gasteiger partial charge >= 0.3 is 0 Å². The van der Waals surface area contributed by atoms with Gasteiger partial charge in [0.05, 0.1) is 22.0 Å². The number of carbonyl (C=O) groups excluding carboxylic acids is 1. The number of oxime groups is 1. The van der Waals surface area contributed by atoms with Gasteiger partial charge < -0.3 is 9.74 Å². The first-order valence-electron chi connectivity index (χ1n) is 9.36. The van der Waals surface area contributed by atoms with Crippen LogP contribution in [0.15, 0.2) is 23.4 Å². The van der Waals surface area contributed by atoms with Crippen molar-refractivity contribution < 1.29 is 14.0 Å². The fourth-order valence-corrected chi connectivity index (χ4v) is 3.71. The molecule has 0 N–H and O–H groups in total. The molecule has 3 rings (SSSR count). The third-order valence-electron chi connectivity index (χ3n) is 5.07. The average Bonchev–Trinajstić information content (AvgIpc) is 3.25. The normalized spacial score (nSPS) is 16.1. The maximum absolute atomic E-state index is 14.1. The Bertz CT molecular complexity index is 905. The summed E-state index contributed by atoms with van der Waals surface area (Å²) < 4.78 is 16.1. The van der Waals surface area contributed by atoms with Gasteiger partial charge in [-0.25, -0.2) is 4.39 Å². The van der Waals surface area contributed by atoms with Crippen LogP contribution < -0.4 is 0 Å². The third-order valence-corrected chi connectivity index (χ3v) is 5.38. The van der Waals surface area contributed by atoms with E-state index in [2.05, 4.69) is 10.3 Å². The molecule has 1 aliphatic heterocycles. The summed E-state index contributed by atoms with van der Waals surface area (Å²) in [7, 11) is 0. The second-order valence-corrected chi connectivity index (χ2v) is 7.16. The Labute approximate surface area is 168 Å². The van der Waals surface area contributed by atoms with Crippen LogP contribution in [0.1, 0.15) is 42.8 Å². The summed E-state index contributed by atoms with van der Waals surface area (Å²) >= 11 is 6.10. The Kier molecular flexibility index (Phi) is 6.03. The predicted molar refractivity (Wildman–Crippen MR) is 106 cm³/mol. The van der Waals surface area contributed by atoms with E-state index in [0.29, 0.717) is 18.8 Å². The Balaban J connectivity index is 1.74. The number of benzene rings is 1. The Morgan fingerprint density at radius 3 is 2.75 bits per heavy atom. The minimum absolute atomic E-state index is 0.183. The van der Waals surface area contributed by atoms with E-state index in [1.807, 2.05) is 32.4 Å². The summed E-state index contributed by atoms with van der Waals surface area (Å²) in [6.07, 6.45) is -0.602. The summed E-state index contributed by atoms with van der Waals surface area (Å²) in [6.45, 7) is 9.64. The van der Waals surface area contributed by atoms with Crippen LogP contribution in [0.25, 0.3) is 0 Å². The van der Waals surface area contributed by atoms with Gasteiger partial charge in [0.25, 0.3) is 5.91 Å². The number of aryl methyl sites for hydroxylation is 2. The van der Waals surface area contributed by atoms with Crippen molar-refractivity contribution in [2.75, 3.05) is 6.54 Å². The van der Waals surface area contributed by atoms with Gasteiger partial charge in [-0.1, -0.05) is 22.8 Å². The molecule has 1 atom stereocenters. The highest BCUT2D eigenvalue weighted by Crippen LogP contribution is 2.26. The first-order valence-corrected chi connectivity index (χ1v) is 9.73. The lowest BCUT2D eigenvalue weighted by Gasteiger charge is -2.23. The van der Waals surface area contributed by atoms with Crippen LogP contribution in [-0.2, 0) is 22.7 Å². The van der Waals surface area contributed by atoms with Gasteiger partial charge in [0, 0.05) is 37.3 Å². The SMILES string of the molecule is CCN(Cc1c(C)nn(CC)c1C)C(=O)C1CC(c2c(F)cccc2Cl)=NO1. The summed E-state index contributed by atoms with van der Waals surface area (Å²) in [5, 5.41) is 8.70. The van der Waals surface area contributed by atoms with E-state index in [1.54, 1.807) is 11.0 Å². The van der Waals surface area contributed by atoms with E-state index in [4.69, 9.17) is 16.4 Å². The molecule has 1 amide bonds. The number of aromatic nitrogens is 2. The van der Waals surface area contributed by atoms with Crippen molar-refractivity contribution in [1.29, 1.82) is 0 Å². The number of carbonyl (C=O) groups is 1. The topological polar surface area (TPSA) is 59.7 Å². The quantitative estimate of drug-likeness (QED) is 0.732. The molecule has 1 aromatic heterocycles. The van der Waals surface area contributed by atoms with Crippen LogP contribution in [0.5, 0.6) is 0 Å². The number of likely N-dealkylation sites (N-methyl/N-ethyl adjacent to an activating group) is 1. The molecule has 28 heavy (non-hydrogen) atoms. The lowest BCUT2D eigenvalue weighted by atomic mass is 10.0. The molecule has 1 aliphatic rings. The molecule has 0 radical (unpaired) electrons. The highest BCUT2D eigenvalue weighted by molar-refractivity contribution is 6.34. The summed E-state index contributed by atoms with van der Waals surface area (Å²) in [5.74, 6) is -0.662. The van der Waals surface area contributed by atoms with Crippen molar-refractivity contribution in [3.8, 4) is 0 Å². The molecule has 0 fully saturated rings. The molecule has 8 heteroatoms. The van der Waals surface area contributed by atoms with Crippen molar-refractivity contribution in [3.05, 3.63) is 51.6 Å². The molecule has 2 heterocycles. The molecule has 0 bridgehead atoms. The first-order chi connectivity index (χ1) is 13.4. The molecule has 0 spiro atoms. The standard InChI is InChI=1S/C20H24ClFN4O2/c1-5-25(11-14-12(3)23-26(6-2)13(14)4)20(27)18-10-17(24-28-18)19-15(21)8-7-9-16(19)22/h7-9,18H,5-6,10-11H2,1-4H3. The number of rotatable bonds is 6. The largest absolute Gasteiger partial charge is 0.382 e. The lowest BCUT2D eigenvalue weighted by molar-refractivity contribution is -0.142. The number of amides is 1. The number of hydrogen-bond donors (Lipinski definition) is 0. The molecule has 1 aromatic carbocycles. The number of halogens is 2. The molecular weight excluding hydrogens is 383 g/mol. The minimum atomic E-state index is -0.785. The van der Waals surface area contributed by atoms with Crippen LogP contribution in [0.3, 0.4) is 0 Å². The Hall–Kier alpha value is -2.41. The summed E-state index contributed by atoms with van der Waals surface area (Å²) in [6, 6.07) is 4.43. The second-order valence-electron chi connectivity index (χ2n) is 6.75. The van der Waals surface area contributed by atoms with Crippen molar-refractivity contribution in [3.63, 3.8) is 0 Å². The van der Waals surface area contributed by atoms with Crippen LogP contribution >= 0.6 is 11.6 Å². The Morgan fingerprint density at radius 2 is 2.14 bits per heavy atom. The Morgan fingerprint density at radius 1 is 1.39 bits per heavy atom. The van der Waals surface area contributed by atoms with Crippen LogP contribution in [-0.4, -0.2) is 38.9 Å². The highest BCUT2D eigenvalue weighted by Gasteiger charge is 2.34. The average molecular weight is 407 g/mol. The van der Waals surface area contributed by atoms with Gasteiger partial charge in [0.15, 0.2) is 0 Å². The van der Waals surface area contributed by atoms with Crippen molar-refractivity contribution in [1.82, 2.24) is 14.7 Å². The van der Waals surface area contributed by atoms with Crippen LogP contribution in [0.4, 0.5) is 4.39 Å². The van der Waals surface area contributed by atoms with E-state index in [0.717, 1.165) is 23.5 Å². The van der Waals surface area contributed by atoms with Crippen molar-refractivity contribution in [2.24, 2.45) is 5.16 Å². The molecule has 0 saturated carbocycles. The molecule has 1 unspecified atom stereocenters. The van der Waals surface area contributed by atoms with Crippen molar-refractivity contribution >= 4 is 23.2 Å².